The summed E-state index contributed by atoms with van der Waals surface area (Å²) in [5, 5.41) is 0. The maximum absolute atomic E-state index is 1.86. The predicted octanol–water partition coefficient (Wildman–Crippen LogP) is 0.112. The number of hydrogen-bond donors (Lipinski definition) is 0. The zero-order chi connectivity index (χ0) is 4.12. The third kappa shape index (κ3) is 6.17. The molecule has 0 heterocycles. The zero-order valence-electron chi connectivity index (χ0n) is 2.38. The minimum atomic E-state index is 1.71. The third-order valence-corrected chi connectivity index (χ3v) is 11.0. The van der Waals surface area contributed by atoms with Crippen molar-refractivity contribution in [3.63, 3.8) is 0 Å². The van der Waals surface area contributed by atoms with Gasteiger partial charge < -0.3 is 0 Å². The van der Waals surface area contributed by atoms with E-state index in [1.807, 2.05) is 27.9 Å². The first-order valence-corrected chi connectivity index (χ1v) is 10.3. The van der Waals surface area contributed by atoms with Gasteiger partial charge in [0.05, 0.1) is 0 Å². The van der Waals surface area contributed by atoms with Crippen molar-refractivity contribution in [3.05, 3.63) is 0 Å². The van der Waals surface area contributed by atoms with E-state index >= 15 is 0 Å². The topological polar surface area (TPSA) is 0 Å². The molecule has 0 nitrogen and oxygen atoms in total. The molecule has 5 heavy (non-hydrogen) atoms. The first-order chi connectivity index (χ1) is 2.41. The quantitative estimate of drug-likeness (QED) is 0.504. The summed E-state index contributed by atoms with van der Waals surface area (Å²) in [5.74, 6) is 0. The molecule has 0 saturated carbocycles. The molecule has 0 bridgehead atoms. The van der Waals surface area contributed by atoms with Gasteiger partial charge in [-0.1, -0.05) is 0 Å². The van der Waals surface area contributed by atoms with Crippen LogP contribution in [0.1, 0.15) is 0 Å². The van der Waals surface area contributed by atoms with E-state index in [1.54, 1.807) is 31.4 Å². The molecule has 5 heteroatoms. The Morgan fingerprint density at radius 1 is 1.00 bits per heavy atom. The molecule has 32 valence electrons. The molecule has 2 atom stereocenters. The summed E-state index contributed by atoms with van der Waals surface area (Å²) < 4.78 is 0. The zero-order valence-corrected chi connectivity index (χ0v) is 9.67. The molecule has 0 aliphatic heterocycles. The van der Waals surface area contributed by atoms with Crippen LogP contribution in [0.5, 0.6) is 0 Å². The summed E-state index contributed by atoms with van der Waals surface area (Å²) in [4.78, 5) is 0. The van der Waals surface area contributed by atoms with E-state index in [9.17, 15) is 0 Å². The van der Waals surface area contributed by atoms with E-state index in [2.05, 4.69) is 0 Å². The maximum atomic E-state index is 1.86. The standard InChI is InChI=1S/As2H4S3/c1-3-5-4-2/h1-2H2. The van der Waals surface area contributed by atoms with Gasteiger partial charge in [0.25, 0.3) is 0 Å². The molecule has 0 amide bonds. The molecule has 2 unspecified atom stereocenters. The van der Waals surface area contributed by atoms with Crippen molar-refractivity contribution in [1.29, 1.82) is 0 Å². The van der Waals surface area contributed by atoms with E-state index < -0.39 is 0 Å². The van der Waals surface area contributed by atoms with Crippen molar-refractivity contribution in [2.24, 2.45) is 0 Å². The average Bonchev–Trinajstić information content (AvgIpc) is 1.41. The molecular formula is H4As2S3. The van der Waals surface area contributed by atoms with Gasteiger partial charge in [-0.3, -0.25) is 0 Å². The molecule has 0 fully saturated rings. The summed E-state index contributed by atoms with van der Waals surface area (Å²) in [6, 6.07) is 0. The van der Waals surface area contributed by atoms with Gasteiger partial charge in [0.1, 0.15) is 0 Å². The van der Waals surface area contributed by atoms with E-state index in [1.165, 1.54) is 0 Å². The molecule has 0 aromatic rings. The van der Waals surface area contributed by atoms with Gasteiger partial charge in [-0.15, -0.1) is 0 Å². The van der Waals surface area contributed by atoms with Gasteiger partial charge >= 0.3 is 59.3 Å². The van der Waals surface area contributed by atoms with E-state index in [0.717, 1.165) is 0 Å². The molecule has 0 aliphatic carbocycles. The van der Waals surface area contributed by atoms with Crippen LogP contribution in [-0.2, 0) is 0 Å². The van der Waals surface area contributed by atoms with E-state index in [-0.39, 0.29) is 0 Å². The molecular weight excluding hydrogens is 246 g/mol. The van der Waals surface area contributed by atoms with Crippen LogP contribution >= 0.6 is 27.9 Å². The molecule has 0 aliphatic rings. The molecule has 0 radical (unpaired) electrons. The van der Waals surface area contributed by atoms with Gasteiger partial charge in [-0.2, -0.15) is 0 Å². The molecule has 0 rings (SSSR count). The van der Waals surface area contributed by atoms with Crippen molar-refractivity contribution in [1.82, 2.24) is 0 Å². The second-order valence-corrected chi connectivity index (χ2v) is 10.8. The number of rotatable bonds is 2. The van der Waals surface area contributed by atoms with E-state index in [0.29, 0.717) is 0 Å². The summed E-state index contributed by atoms with van der Waals surface area (Å²) in [7, 11) is 5.57. The van der Waals surface area contributed by atoms with Gasteiger partial charge in [-0.05, 0) is 0 Å². The Morgan fingerprint density at radius 3 is 1.40 bits per heavy atom. The minimum absolute atomic E-state index is 1.71. The SMILES string of the molecule is [AsH2]SSS[AsH2]. The molecule has 0 saturated heterocycles. The van der Waals surface area contributed by atoms with Crippen molar-refractivity contribution in [3.8, 4) is 0 Å². The summed E-state index contributed by atoms with van der Waals surface area (Å²) in [6.45, 7) is 0. The van der Waals surface area contributed by atoms with Crippen molar-refractivity contribution in [2.45, 2.75) is 0 Å². The van der Waals surface area contributed by atoms with Crippen LogP contribution in [0.15, 0.2) is 0 Å². The van der Waals surface area contributed by atoms with Crippen LogP contribution in [-0.4, -0.2) is 31.4 Å². The Morgan fingerprint density at radius 2 is 1.40 bits per heavy atom. The van der Waals surface area contributed by atoms with Gasteiger partial charge in [0.15, 0.2) is 0 Å². The van der Waals surface area contributed by atoms with Crippen LogP contribution in [0.3, 0.4) is 0 Å². The molecule has 0 aromatic heterocycles. The first kappa shape index (κ1) is 7.17. The average molecular weight is 250 g/mol. The van der Waals surface area contributed by atoms with Crippen molar-refractivity contribution < 1.29 is 0 Å². The fraction of sp³-hybridized carbons (Fsp3) is 0. The fourth-order valence-corrected chi connectivity index (χ4v) is 16.5. The summed E-state index contributed by atoms with van der Waals surface area (Å²) >= 11 is 3.43. The number of hydrogen-bond acceptors (Lipinski definition) is 3. The van der Waals surface area contributed by atoms with Crippen LogP contribution in [0, 0.1) is 0 Å². The van der Waals surface area contributed by atoms with Gasteiger partial charge in [-0.25, -0.2) is 0 Å². The fourth-order valence-electron chi connectivity index (χ4n) is 0.0227. The Balaban J connectivity index is 2.19. The van der Waals surface area contributed by atoms with Gasteiger partial charge in [0, 0.05) is 0 Å². The normalized spacial score (nSPS) is 8.40. The Labute approximate surface area is 58.8 Å². The second-order valence-electron chi connectivity index (χ2n) is 0.260. The van der Waals surface area contributed by atoms with Crippen LogP contribution < -0.4 is 0 Å². The van der Waals surface area contributed by atoms with Crippen LogP contribution in [0.2, 0.25) is 0 Å². The van der Waals surface area contributed by atoms with E-state index in [4.69, 9.17) is 0 Å². The van der Waals surface area contributed by atoms with Crippen LogP contribution in [0.4, 0.5) is 0 Å². The Bertz CT molecular complexity index is 12.4. The monoisotopic (exact) mass is 250 g/mol. The molecule has 0 N–H and O–H groups in total. The van der Waals surface area contributed by atoms with Crippen LogP contribution in [0.25, 0.3) is 0 Å². The summed E-state index contributed by atoms with van der Waals surface area (Å²) in [5.41, 5.74) is 0. The first-order valence-electron chi connectivity index (χ1n) is 0.805. The molecule has 0 aromatic carbocycles. The Kier molecular flexibility index (Phi) is 8.84. The second kappa shape index (κ2) is 6.17. The molecule has 0 spiro atoms. The predicted molar refractivity (Wildman–Crippen MR) is 39.9 cm³/mol. The summed E-state index contributed by atoms with van der Waals surface area (Å²) in [6.07, 6.45) is 0. The Hall–Kier alpha value is 2.17. The van der Waals surface area contributed by atoms with Gasteiger partial charge in [0.2, 0.25) is 0 Å². The van der Waals surface area contributed by atoms with Crippen molar-refractivity contribution in [2.75, 3.05) is 0 Å². The third-order valence-electron chi connectivity index (χ3n) is 0.0786. The van der Waals surface area contributed by atoms with Crippen molar-refractivity contribution >= 4 is 59.3 Å².